The fraction of sp³-hybridized carbons (Fsp3) is 0.0526. The van der Waals surface area contributed by atoms with E-state index in [1.54, 1.807) is 0 Å². The second-order valence-corrected chi connectivity index (χ2v) is 4.77. The predicted molar refractivity (Wildman–Crippen MR) is 83.2 cm³/mol. The number of aliphatic hydroxyl groups excluding tert-OH is 1. The Kier molecular flexibility index (Phi) is 3.62. The Morgan fingerprint density at radius 3 is 1.90 bits per heavy atom. The van der Waals surface area contributed by atoms with Crippen molar-refractivity contribution in [2.75, 3.05) is 0 Å². The van der Waals surface area contributed by atoms with Crippen LogP contribution in [0, 0.1) is 0 Å². The number of rotatable bonds is 3. The number of benzene rings is 3. The van der Waals surface area contributed by atoms with Crippen LogP contribution in [0.2, 0.25) is 0 Å². The molecule has 20 heavy (non-hydrogen) atoms. The van der Waals surface area contributed by atoms with Crippen LogP contribution in [0.15, 0.2) is 78.9 Å². The van der Waals surface area contributed by atoms with Crippen LogP contribution in [-0.2, 0) is 6.61 Å². The van der Waals surface area contributed by atoms with Gasteiger partial charge in [-0.05, 0) is 33.9 Å². The van der Waals surface area contributed by atoms with Crippen molar-refractivity contribution in [3.05, 3.63) is 84.4 Å². The molecule has 0 bridgehead atoms. The molecule has 0 radical (unpaired) electrons. The van der Waals surface area contributed by atoms with E-state index in [1.807, 2.05) is 30.3 Å². The highest BCUT2D eigenvalue weighted by atomic mass is 16.3. The van der Waals surface area contributed by atoms with Crippen molar-refractivity contribution in [2.24, 2.45) is 0 Å². The van der Waals surface area contributed by atoms with Crippen LogP contribution in [0.5, 0.6) is 0 Å². The number of hydrogen-bond donors (Lipinski definition) is 1. The second-order valence-electron chi connectivity index (χ2n) is 4.77. The van der Waals surface area contributed by atoms with Crippen molar-refractivity contribution in [2.45, 2.75) is 6.61 Å². The highest BCUT2D eigenvalue weighted by Crippen LogP contribution is 2.32. The van der Waals surface area contributed by atoms with E-state index in [-0.39, 0.29) is 6.61 Å². The van der Waals surface area contributed by atoms with Crippen LogP contribution in [0.3, 0.4) is 0 Å². The SMILES string of the molecule is OCc1cccc(-c2ccccc2-c2ccccc2)c1. The average molecular weight is 260 g/mol. The average Bonchev–Trinajstić information content (AvgIpc) is 2.56. The van der Waals surface area contributed by atoms with E-state index in [9.17, 15) is 5.11 Å². The highest BCUT2D eigenvalue weighted by molar-refractivity contribution is 5.83. The second kappa shape index (κ2) is 5.72. The van der Waals surface area contributed by atoms with Crippen molar-refractivity contribution in [1.29, 1.82) is 0 Å². The Bertz CT molecular complexity index is 702. The molecule has 3 aromatic carbocycles. The molecule has 0 amide bonds. The van der Waals surface area contributed by atoms with Gasteiger partial charge in [-0.1, -0.05) is 72.8 Å². The molecule has 0 aliphatic heterocycles. The van der Waals surface area contributed by atoms with Crippen molar-refractivity contribution in [3.8, 4) is 22.3 Å². The van der Waals surface area contributed by atoms with Gasteiger partial charge in [-0.3, -0.25) is 0 Å². The molecule has 3 aromatic rings. The zero-order valence-corrected chi connectivity index (χ0v) is 11.2. The molecule has 1 N–H and O–H groups in total. The van der Waals surface area contributed by atoms with Crippen molar-refractivity contribution >= 4 is 0 Å². The summed E-state index contributed by atoms with van der Waals surface area (Å²) < 4.78 is 0. The summed E-state index contributed by atoms with van der Waals surface area (Å²) in [6.07, 6.45) is 0. The summed E-state index contributed by atoms with van der Waals surface area (Å²) >= 11 is 0. The third-order valence-corrected chi connectivity index (χ3v) is 3.43. The molecular formula is C19H16O. The topological polar surface area (TPSA) is 20.2 Å². The monoisotopic (exact) mass is 260 g/mol. The highest BCUT2D eigenvalue weighted by Gasteiger charge is 2.06. The molecule has 0 aliphatic rings. The van der Waals surface area contributed by atoms with Gasteiger partial charge in [-0.25, -0.2) is 0 Å². The minimum atomic E-state index is 0.0708. The zero-order chi connectivity index (χ0) is 13.8. The minimum absolute atomic E-state index is 0.0708. The molecule has 0 saturated heterocycles. The lowest BCUT2D eigenvalue weighted by Gasteiger charge is -2.11. The molecule has 3 rings (SSSR count). The molecule has 0 heterocycles. The lowest BCUT2D eigenvalue weighted by atomic mass is 9.94. The normalized spacial score (nSPS) is 10.4. The van der Waals surface area contributed by atoms with Crippen LogP contribution < -0.4 is 0 Å². The van der Waals surface area contributed by atoms with Crippen LogP contribution in [0.4, 0.5) is 0 Å². The van der Waals surface area contributed by atoms with Gasteiger partial charge in [0.25, 0.3) is 0 Å². The summed E-state index contributed by atoms with van der Waals surface area (Å²) in [7, 11) is 0. The van der Waals surface area contributed by atoms with Crippen LogP contribution in [-0.4, -0.2) is 5.11 Å². The van der Waals surface area contributed by atoms with E-state index >= 15 is 0 Å². The maximum atomic E-state index is 9.30. The van der Waals surface area contributed by atoms with Gasteiger partial charge in [-0.2, -0.15) is 0 Å². The first-order valence-electron chi connectivity index (χ1n) is 6.73. The lowest BCUT2D eigenvalue weighted by molar-refractivity contribution is 0.282. The number of hydrogen-bond acceptors (Lipinski definition) is 1. The van der Waals surface area contributed by atoms with Gasteiger partial charge in [0.15, 0.2) is 0 Å². The fourth-order valence-electron chi connectivity index (χ4n) is 2.44. The summed E-state index contributed by atoms with van der Waals surface area (Å²) in [4.78, 5) is 0. The molecular weight excluding hydrogens is 244 g/mol. The van der Waals surface area contributed by atoms with Gasteiger partial charge in [0, 0.05) is 0 Å². The first kappa shape index (κ1) is 12.6. The Labute approximate surface area is 119 Å². The molecule has 0 aliphatic carbocycles. The summed E-state index contributed by atoms with van der Waals surface area (Å²) in [5.41, 5.74) is 5.68. The third-order valence-electron chi connectivity index (χ3n) is 3.43. The fourth-order valence-corrected chi connectivity index (χ4v) is 2.44. The maximum Gasteiger partial charge on any atom is 0.0682 e. The molecule has 1 nitrogen and oxygen atoms in total. The molecule has 98 valence electrons. The van der Waals surface area contributed by atoms with Gasteiger partial charge >= 0.3 is 0 Å². The Balaban J connectivity index is 2.15. The standard InChI is InChI=1S/C19H16O/c20-14-15-7-6-10-17(13-15)19-12-5-4-11-18(19)16-8-2-1-3-9-16/h1-13,20H,14H2. The van der Waals surface area contributed by atoms with Crippen LogP contribution >= 0.6 is 0 Å². The molecule has 0 aromatic heterocycles. The van der Waals surface area contributed by atoms with Crippen molar-refractivity contribution in [1.82, 2.24) is 0 Å². The van der Waals surface area contributed by atoms with Crippen molar-refractivity contribution < 1.29 is 5.11 Å². The molecule has 0 atom stereocenters. The molecule has 0 saturated carbocycles. The Morgan fingerprint density at radius 1 is 0.600 bits per heavy atom. The van der Waals surface area contributed by atoms with E-state index in [0.29, 0.717) is 0 Å². The Hall–Kier alpha value is -2.38. The third kappa shape index (κ3) is 2.49. The van der Waals surface area contributed by atoms with Crippen molar-refractivity contribution in [3.63, 3.8) is 0 Å². The number of aliphatic hydroxyl groups is 1. The van der Waals surface area contributed by atoms with Crippen LogP contribution in [0.1, 0.15) is 5.56 Å². The molecule has 0 unspecified atom stereocenters. The summed E-state index contributed by atoms with van der Waals surface area (Å²) in [5.74, 6) is 0. The Morgan fingerprint density at radius 2 is 1.20 bits per heavy atom. The smallest absolute Gasteiger partial charge is 0.0682 e. The maximum absolute atomic E-state index is 9.30. The van der Waals surface area contributed by atoms with Gasteiger partial charge in [-0.15, -0.1) is 0 Å². The minimum Gasteiger partial charge on any atom is -0.392 e. The first-order chi connectivity index (χ1) is 9.88. The lowest BCUT2D eigenvalue weighted by Crippen LogP contribution is -1.87. The molecule has 0 spiro atoms. The van der Waals surface area contributed by atoms with Gasteiger partial charge in [0.05, 0.1) is 6.61 Å². The van der Waals surface area contributed by atoms with E-state index in [2.05, 4.69) is 48.5 Å². The van der Waals surface area contributed by atoms with E-state index < -0.39 is 0 Å². The van der Waals surface area contributed by atoms with Gasteiger partial charge in [0.2, 0.25) is 0 Å². The van der Waals surface area contributed by atoms with E-state index in [1.165, 1.54) is 16.7 Å². The van der Waals surface area contributed by atoms with E-state index in [0.717, 1.165) is 11.1 Å². The largest absolute Gasteiger partial charge is 0.392 e. The predicted octanol–water partition coefficient (Wildman–Crippen LogP) is 4.51. The summed E-state index contributed by atoms with van der Waals surface area (Å²) in [6, 6.07) is 26.8. The van der Waals surface area contributed by atoms with Gasteiger partial charge < -0.3 is 5.11 Å². The first-order valence-corrected chi connectivity index (χ1v) is 6.73. The summed E-state index contributed by atoms with van der Waals surface area (Å²) in [5, 5.41) is 9.30. The zero-order valence-electron chi connectivity index (χ0n) is 11.2. The van der Waals surface area contributed by atoms with Gasteiger partial charge in [0.1, 0.15) is 0 Å². The molecule has 0 fully saturated rings. The van der Waals surface area contributed by atoms with E-state index in [4.69, 9.17) is 0 Å². The molecule has 1 heteroatoms. The summed E-state index contributed by atoms with van der Waals surface area (Å²) in [6.45, 7) is 0.0708. The van der Waals surface area contributed by atoms with Crippen LogP contribution in [0.25, 0.3) is 22.3 Å². The quantitative estimate of drug-likeness (QED) is 0.734.